The van der Waals surface area contributed by atoms with Crippen LogP contribution in [0.3, 0.4) is 0 Å². The molecule has 10 nitrogen and oxygen atoms in total. The van der Waals surface area contributed by atoms with Gasteiger partial charge in [0, 0.05) is 30.0 Å². The van der Waals surface area contributed by atoms with Gasteiger partial charge in [0.25, 0.3) is 0 Å². The van der Waals surface area contributed by atoms with Crippen molar-refractivity contribution >= 4 is 23.1 Å². The van der Waals surface area contributed by atoms with Gasteiger partial charge in [-0.2, -0.15) is 0 Å². The Morgan fingerprint density at radius 3 is 2.43 bits per heavy atom. The number of phenolic OH excluding ortho intramolecular Hbond substituents is 1. The van der Waals surface area contributed by atoms with Crippen molar-refractivity contribution in [2.45, 2.75) is 38.0 Å². The minimum atomic E-state index is -2.62. The lowest BCUT2D eigenvalue weighted by Gasteiger charge is -2.54. The number of nitrogens with one attached hydrogen (secondary N) is 1. The van der Waals surface area contributed by atoms with Gasteiger partial charge in [-0.25, -0.2) is 0 Å². The topological polar surface area (TPSA) is 173 Å². The SMILES string of the molecule is CNCc1ccc(O)c2c1C[C@@]1(CN)C[C@H]3[C@H](N(C)C)C(=O)C(C(C)=O)=C(O)[C@@]3(O)C(=O)C1=C2O. The van der Waals surface area contributed by atoms with Gasteiger partial charge in [-0.1, -0.05) is 6.07 Å². The highest BCUT2D eigenvalue weighted by Crippen LogP contribution is 2.58. The highest BCUT2D eigenvalue weighted by atomic mass is 16.3. The lowest BCUT2D eigenvalue weighted by atomic mass is 9.51. The monoisotopic (exact) mass is 485 g/mol. The number of likely N-dealkylation sites (N-methyl/N-ethyl adjacent to an activating group) is 1. The van der Waals surface area contributed by atoms with E-state index in [1.165, 1.54) is 11.0 Å². The van der Waals surface area contributed by atoms with Crippen LogP contribution in [-0.4, -0.2) is 82.0 Å². The third-order valence-corrected chi connectivity index (χ3v) is 7.79. The van der Waals surface area contributed by atoms with Gasteiger partial charge in [-0.15, -0.1) is 0 Å². The fourth-order valence-electron chi connectivity index (χ4n) is 6.21. The molecule has 7 N–H and O–H groups in total. The number of aliphatic hydroxyl groups excluding tert-OH is 2. The van der Waals surface area contributed by atoms with E-state index in [4.69, 9.17) is 5.73 Å². The molecule has 0 aromatic heterocycles. The molecule has 0 saturated heterocycles. The first-order chi connectivity index (χ1) is 16.4. The number of hydrogen-bond donors (Lipinski definition) is 6. The molecule has 4 atom stereocenters. The minimum absolute atomic E-state index is 0.0247. The molecule has 0 radical (unpaired) electrons. The van der Waals surface area contributed by atoms with E-state index in [-0.39, 0.29) is 36.3 Å². The Labute approximate surface area is 202 Å². The second-order valence-electron chi connectivity index (χ2n) is 9.97. The van der Waals surface area contributed by atoms with E-state index in [0.29, 0.717) is 12.1 Å². The molecule has 1 aromatic carbocycles. The number of nitrogens with two attached hydrogens (primary N) is 1. The van der Waals surface area contributed by atoms with Crippen LogP contribution >= 0.6 is 0 Å². The maximum Gasteiger partial charge on any atom is 0.202 e. The van der Waals surface area contributed by atoms with Gasteiger partial charge in [0.15, 0.2) is 17.2 Å². The number of aromatic hydroxyl groups is 1. The van der Waals surface area contributed by atoms with Gasteiger partial charge in [0.05, 0.1) is 11.6 Å². The molecule has 4 rings (SSSR count). The van der Waals surface area contributed by atoms with Crippen LogP contribution in [0.5, 0.6) is 5.75 Å². The van der Waals surface area contributed by atoms with Crippen LogP contribution < -0.4 is 11.1 Å². The van der Waals surface area contributed by atoms with Gasteiger partial charge in [0.2, 0.25) is 5.78 Å². The molecule has 3 aliphatic carbocycles. The summed E-state index contributed by atoms with van der Waals surface area (Å²) in [7, 11) is 4.93. The number of ketones is 3. The zero-order valence-corrected chi connectivity index (χ0v) is 20.2. The van der Waals surface area contributed by atoms with E-state index in [1.54, 1.807) is 27.2 Å². The number of Topliss-reactive ketones (excluding diaryl/α,β-unsaturated/α-hetero) is 3. The summed E-state index contributed by atoms with van der Waals surface area (Å²) in [6.07, 6.45) is 0.142. The van der Waals surface area contributed by atoms with E-state index in [9.17, 15) is 34.8 Å². The van der Waals surface area contributed by atoms with Crippen LogP contribution in [-0.2, 0) is 27.3 Å². The molecule has 0 amide bonds. The number of benzene rings is 1. The van der Waals surface area contributed by atoms with Crippen LogP contribution in [0.25, 0.3) is 5.76 Å². The summed E-state index contributed by atoms with van der Waals surface area (Å²) in [6.45, 7) is 1.40. The summed E-state index contributed by atoms with van der Waals surface area (Å²) < 4.78 is 0. The molecule has 0 bridgehead atoms. The maximum atomic E-state index is 14.0. The van der Waals surface area contributed by atoms with Crippen molar-refractivity contribution in [2.24, 2.45) is 17.1 Å². The van der Waals surface area contributed by atoms with Gasteiger partial charge >= 0.3 is 0 Å². The average molecular weight is 486 g/mol. The lowest BCUT2D eigenvalue weighted by molar-refractivity contribution is -0.156. The zero-order valence-electron chi connectivity index (χ0n) is 20.2. The van der Waals surface area contributed by atoms with Gasteiger partial charge in [-0.3, -0.25) is 19.3 Å². The smallest absolute Gasteiger partial charge is 0.202 e. The van der Waals surface area contributed by atoms with Gasteiger partial charge < -0.3 is 31.5 Å². The molecule has 0 unspecified atom stereocenters. The van der Waals surface area contributed by atoms with Gasteiger partial charge in [0.1, 0.15) is 22.8 Å². The number of aliphatic hydroxyl groups is 3. The Hall–Kier alpha value is -3.05. The predicted octanol–water partition coefficient (Wildman–Crippen LogP) is 0.116. The number of hydrogen-bond acceptors (Lipinski definition) is 10. The van der Waals surface area contributed by atoms with E-state index in [0.717, 1.165) is 12.5 Å². The Bertz CT molecular complexity index is 1220. The Kier molecular flexibility index (Phi) is 5.92. The van der Waals surface area contributed by atoms with Crippen molar-refractivity contribution in [1.82, 2.24) is 10.2 Å². The zero-order chi connectivity index (χ0) is 26.0. The first kappa shape index (κ1) is 25.1. The first-order valence-corrected chi connectivity index (χ1v) is 11.4. The van der Waals surface area contributed by atoms with E-state index in [2.05, 4.69) is 5.32 Å². The average Bonchev–Trinajstić information content (AvgIpc) is 2.77. The van der Waals surface area contributed by atoms with Crippen molar-refractivity contribution in [2.75, 3.05) is 27.7 Å². The van der Waals surface area contributed by atoms with Crippen LogP contribution in [0, 0.1) is 11.3 Å². The molecule has 0 spiro atoms. The van der Waals surface area contributed by atoms with Crippen LogP contribution in [0.1, 0.15) is 30.0 Å². The van der Waals surface area contributed by atoms with Crippen molar-refractivity contribution in [3.05, 3.63) is 45.7 Å². The highest BCUT2D eigenvalue weighted by Gasteiger charge is 2.67. The van der Waals surface area contributed by atoms with Crippen LogP contribution in [0.2, 0.25) is 0 Å². The standard InChI is InChI=1S/C25H31N3O7/c1-11(29)16-21(32)19(28(3)4)14-8-24(10-26)7-13-12(9-27-2)5-6-15(30)17(13)20(31)18(24)23(34)25(14,35)22(16)33/h5-6,14,19,27,30-31,33,35H,7-10,26H2,1-4H3/t14-,19-,24-,25+/m0/s1. The number of carbonyl (C=O) groups excluding carboxylic acids is 3. The predicted molar refractivity (Wildman–Crippen MR) is 126 cm³/mol. The second kappa shape index (κ2) is 8.27. The number of rotatable bonds is 5. The first-order valence-electron chi connectivity index (χ1n) is 11.4. The van der Waals surface area contributed by atoms with Crippen molar-refractivity contribution in [1.29, 1.82) is 0 Å². The van der Waals surface area contributed by atoms with Crippen molar-refractivity contribution < 1.29 is 34.8 Å². The molecule has 1 saturated carbocycles. The Morgan fingerprint density at radius 2 is 1.89 bits per heavy atom. The molecular weight excluding hydrogens is 454 g/mol. The summed E-state index contributed by atoms with van der Waals surface area (Å²) in [4.78, 5) is 41.1. The van der Waals surface area contributed by atoms with Crippen molar-refractivity contribution in [3.63, 3.8) is 0 Å². The second-order valence-corrected chi connectivity index (χ2v) is 9.97. The molecule has 188 valence electrons. The molecule has 1 fully saturated rings. The summed E-state index contributed by atoms with van der Waals surface area (Å²) in [6, 6.07) is 2.04. The summed E-state index contributed by atoms with van der Waals surface area (Å²) in [5.74, 6) is -5.41. The maximum absolute atomic E-state index is 14.0. The normalized spacial score (nSPS) is 30.4. The fourth-order valence-corrected chi connectivity index (χ4v) is 6.21. The van der Waals surface area contributed by atoms with Gasteiger partial charge in [-0.05, 0) is 58.1 Å². The molecular formula is C25H31N3O7. The molecule has 35 heavy (non-hydrogen) atoms. The fraction of sp³-hybridized carbons (Fsp3) is 0.480. The third kappa shape index (κ3) is 3.21. The molecule has 3 aliphatic rings. The van der Waals surface area contributed by atoms with E-state index in [1.807, 2.05) is 0 Å². The lowest BCUT2D eigenvalue weighted by Crippen LogP contribution is -2.68. The largest absolute Gasteiger partial charge is 0.508 e. The Balaban J connectivity index is 2.06. The highest BCUT2D eigenvalue weighted by molar-refractivity contribution is 6.25. The molecule has 10 heteroatoms. The Morgan fingerprint density at radius 1 is 1.23 bits per heavy atom. The number of fused-ring (bicyclic) bond motifs is 3. The quantitative estimate of drug-likeness (QED) is 0.314. The molecule has 0 aliphatic heterocycles. The van der Waals surface area contributed by atoms with Crippen LogP contribution in [0.4, 0.5) is 0 Å². The van der Waals surface area contributed by atoms with E-state index < -0.39 is 57.4 Å². The number of nitrogens with zero attached hydrogens (tertiary/aromatic N) is 1. The summed E-state index contributed by atoms with van der Waals surface area (Å²) >= 11 is 0. The summed E-state index contributed by atoms with van der Waals surface area (Å²) in [5, 5.41) is 47.7. The molecule has 0 heterocycles. The van der Waals surface area contributed by atoms with E-state index >= 15 is 0 Å². The summed E-state index contributed by atoms with van der Waals surface area (Å²) in [5.41, 5.74) is 3.05. The number of carbonyl (C=O) groups is 3. The van der Waals surface area contributed by atoms with Crippen molar-refractivity contribution in [3.8, 4) is 5.75 Å². The minimum Gasteiger partial charge on any atom is -0.508 e. The number of phenols is 1. The van der Waals surface area contributed by atoms with Crippen LogP contribution in [0.15, 0.2) is 29.0 Å². The molecule has 1 aromatic rings. The third-order valence-electron chi connectivity index (χ3n) is 7.79.